The summed E-state index contributed by atoms with van der Waals surface area (Å²) in [5.41, 5.74) is -4.84. The molecule has 1 aromatic heterocycles. The van der Waals surface area contributed by atoms with Crippen LogP contribution in [0.25, 0.3) is 10.8 Å². The molecule has 4 aliphatic rings. The molecule has 1 aromatic carbocycles. The van der Waals surface area contributed by atoms with Gasteiger partial charge in [-0.2, -0.15) is 13.2 Å². The zero-order valence-corrected chi connectivity index (χ0v) is 34.8. The zero-order valence-electron chi connectivity index (χ0n) is 37.0. The topological polar surface area (TPSA) is 182 Å². The molecule has 6 rings (SSSR count). The molecule has 0 spiro atoms. The van der Waals surface area contributed by atoms with Crippen molar-refractivity contribution in [3.63, 3.8) is 0 Å². The van der Waals surface area contributed by atoms with Gasteiger partial charge in [0.05, 0.1) is 17.9 Å². The third-order valence-corrected chi connectivity index (χ3v) is 13.8. The molecule has 0 unspecified atom stereocenters. The van der Waals surface area contributed by atoms with E-state index in [0.717, 1.165) is 11.0 Å². The van der Waals surface area contributed by atoms with Crippen molar-refractivity contribution in [3.05, 3.63) is 42.4 Å². The van der Waals surface area contributed by atoms with Gasteiger partial charge in [0, 0.05) is 28.0 Å². The Balaban J connectivity index is 1.38. The largest absolute Gasteiger partial charge is 0.491 e. The van der Waals surface area contributed by atoms with Crippen molar-refractivity contribution in [2.75, 3.05) is 13.2 Å². The number of fused-ring (bicyclic) bond motifs is 3. The number of alkyl carbamates (subject to hydrolysis) is 1. The van der Waals surface area contributed by atoms with E-state index in [1.54, 1.807) is 32.1 Å². The number of sulfonamides is 1. The van der Waals surface area contributed by atoms with Gasteiger partial charge >= 0.3 is 12.3 Å². The maximum Gasteiger partial charge on any atom is 0.427 e. The molecule has 60 heavy (non-hydrogen) atoms. The Hall–Kier alpha value is -4.68. The number of amides is 4. The molecule has 2 aromatic rings. The number of rotatable bonds is 10. The lowest BCUT2D eigenvalue weighted by Gasteiger charge is -2.35. The number of halogens is 4. The summed E-state index contributed by atoms with van der Waals surface area (Å²) in [5.74, 6) is -5.33. The van der Waals surface area contributed by atoms with Crippen molar-refractivity contribution < 1.29 is 63.5 Å². The maximum absolute atomic E-state index is 15.1. The highest BCUT2D eigenvalue weighted by atomic mass is 32.2. The number of allylic oxidation sites excluding steroid dienone is 1. The van der Waals surface area contributed by atoms with Crippen LogP contribution in [0.5, 0.6) is 11.6 Å². The highest BCUT2D eigenvalue weighted by Gasteiger charge is 2.63. The van der Waals surface area contributed by atoms with Crippen molar-refractivity contribution in [3.8, 4) is 11.6 Å². The summed E-state index contributed by atoms with van der Waals surface area (Å²) < 4.78 is 123. The molecule has 0 radical (unpaired) electrons. The second kappa shape index (κ2) is 16.6. The van der Waals surface area contributed by atoms with E-state index in [4.69, 9.17) is 18.3 Å². The molecule has 14 nitrogen and oxygen atoms in total. The summed E-state index contributed by atoms with van der Waals surface area (Å²) in [6.07, 6.45) is -1.97. The number of benzene rings is 1. The Labute approximate surface area is 350 Å². The first kappa shape index (κ1) is 40.7. The van der Waals surface area contributed by atoms with Gasteiger partial charge in [-0.1, -0.05) is 32.4 Å². The van der Waals surface area contributed by atoms with Gasteiger partial charge in [-0.05, 0) is 102 Å². The summed E-state index contributed by atoms with van der Waals surface area (Å²) >= 11 is 0. The lowest BCUT2D eigenvalue weighted by atomic mass is 9.85. The molecule has 3 heterocycles. The Morgan fingerprint density at radius 2 is 1.88 bits per heavy atom. The Kier molecular flexibility index (Phi) is 11.3. The van der Waals surface area contributed by atoms with Crippen LogP contribution in [-0.2, 0) is 29.1 Å². The predicted molar refractivity (Wildman–Crippen MR) is 211 cm³/mol. The van der Waals surface area contributed by atoms with Gasteiger partial charge in [0.15, 0.2) is 11.6 Å². The van der Waals surface area contributed by atoms with E-state index < -0.39 is 98.6 Å². The highest BCUT2D eigenvalue weighted by molar-refractivity contribution is 7.91. The Morgan fingerprint density at radius 3 is 2.53 bits per heavy atom. The van der Waals surface area contributed by atoms with E-state index in [1.165, 1.54) is 12.3 Å². The van der Waals surface area contributed by atoms with Crippen LogP contribution in [-0.4, -0.2) is 95.5 Å². The number of alkyl halides is 3. The number of nitrogens with one attached hydrogen (secondary N) is 3. The fourth-order valence-electron chi connectivity index (χ4n) is 7.84. The lowest BCUT2D eigenvalue weighted by Crippen LogP contribution is -2.60. The van der Waals surface area contributed by atoms with Crippen molar-refractivity contribution >= 4 is 44.6 Å². The summed E-state index contributed by atoms with van der Waals surface area (Å²) in [5, 5.41) is 5.74. The van der Waals surface area contributed by atoms with Gasteiger partial charge < -0.3 is 29.7 Å². The Bertz CT molecular complexity index is 2260. The van der Waals surface area contributed by atoms with Gasteiger partial charge in [0.25, 0.3) is 5.91 Å². The van der Waals surface area contributed by atoms with Crippen LogP contribution in [0.1, 0.15) is 96.9 Å². The number of aromatic nitrogens is 1. The summed E-state index contributed by atoms with van der Waals surface area (Å²) in [6, 6.07) is 1.18. The first-order chi connectivity index (χ1) is 29.3. The minimum absolute atomic E-state index is 0.0173. The van der Waals surface area contributed by atoms with E-state index in [9.17, 15) is 40.8 Å². The van der Waals surface area contributed by atoms with Crippen LogP contribution in [0, 0.1) is 23.6 Å². The van der Waals surface area contributed by atoms with Crippen LogP contribution < -0.4 is 24.8 Å². The van der Waals surface area contributed by atoms with Crippen molar-refractivity contribution in [2.24, 2.45) is 17.8 Å². The molecule has 2 saturated carbocycles. The van der Waals surface area contributed by atoms with Crippen LogP contribution in [0.3, 0.4) is 0 Å². The summed E-state index contributed by atoms with van der Waals surface area (Å²) in [6.45, 7) is 3.51. The molecular formula is C41H53F4N5O9S. The molecule has 3 fully saturated rings. The van der Waals surface area contributed by atoms with Crippen LogP contribution in [0.15, 0.2) is 36.5 Å². The van der Waals surface area contributed by atoms with Crippen LogP contribution in [0.4, 0.5) is 22.4 Å². The number of ether oxygens (including phenoxy) is 3. The van der Waals surface area contributed by atoms with E-state index in [-0.39, 0.29) is 68.2 Å². The molecule has 3 N–H and O–H groups in total. The average Bonchev–Trinajstić information content (AvgIpc) is 4.09. The molecule has 7 atom stereocenters. The second-order valence-electron chi connectivity index (χ2n) is 16.8. The maximum atomic E-state index is 15.1. The molecule has 19 heteroatoms. The average molecular weight is 871 g/mol. The lowest BCUT2D eigenvalue weighted by molar-refractivity contribution is -0.244. The molecule has 2 aliphatic carbocycles. The number of nitrogens with zero attached hydrogens (tertiary/aromatic N) is 2. The standard InChI is InChI=1S/C41H53F4N5O9S/c1-7-24-17-23(3)11-9-10-12-26-21-40(26,36(53)49-60(55,56)39(6)14-15-39)48-33(51)30-19-27(58-34-28-20-29(42)31(57-8-2)18-25(28)13-16-46-34)22-50(30)35(52)32(24)47-37(54)59-38(4,5)41(43,44)45/h10,12-13,16,18,20,23-24,26-27,30,32H,7-9,11,14-15,17,19,21-22H2,1-6H3,(H,47,54)(H,48,51)(H,49,53)/b12-10-/t23-,24-,26-,27-,30+,32+,40-/m1/s1/i6D3. The second-order valence-corrected chi connectivity index (χ2v) is 18.8. The molecular weight excluding hydrogens is 815 g/mol. The summed E-state index contributed by atoms with van der Waals surface area (Å²) in [4.78, 5) is 62.3. The molecule has 4 amide bonds. The first-order valence-corrected chi connectivity index (χ1v) is 21.6. The third kappa shape index (κ3) is 9.15. The SMILES string of the molecule is [2H]C([2H])([2H])C1(S(=O)(=O)NC(=O)[C@@]23C[C@H]2/C=C\CC[C@@H](C)C[C@@H](CC)[C@H](NC(=O)OC(C)(C)C(F)(F)F)C(=O)N2C[C@H](Oc4nccc5cc(OCC)c(F)cc45)C[C@H]2C(=O)N3)CC1. The van der Waals surface area contributed by atoms with Gasteiger partial charge in [-0.3, -0.25) is 19.1 Å². The van der Waals surface area contributed by atoms with E-state index in [0.29, 0.717) is 38.5 Å². The van der Waals surface area contributed by atoms with E-state index >= 15 is 4.39 Å². The normalized spacial score (nSPS) is 29.8. The number of carbonyl (C=O) groups excluding carboxylic acids is 4. The highest BCUT2D eigenvalue weighted by Crippen LogP contribution is 2.48. The van der Waals surface area contributed by atoms with E-state index in [2.05, 4.69) is 15.6 Å². The van der Waals surface area contributed by atoms with Crippen molar-refractivity contribution in [1.29, 1.82) is 0 Å². The van der Waals surface area contributed by atoms with E-state index in [1.807, 2.05) is 11.6 Å². The number of hydrogen-bond donors (Lipinski definition) is 3. The quantitative estimate of drug-likeness (QED) is 0.194. The van der Waals surface area contributed by atoms with Gasteiger partial charge in [0.2, 0.25) is 33.3 Å². The number of hydrogen-bond acceptors (Lipinski definition) is 10. The first-order valence-electron chi connectivity index (χ1n) is 21.6. The van der Waals surface area contributed by atoms with Crippen LogP contribution in [0.2, 0.25) is 0 Å². The molecule has 1 saturated heterocycles. The number of pyridine rings is 1. The molecule has 2 aliphatic heterocycles. The fourth-order valence-corrected chi connectivity index (χ4v) is 9.10. The monoisotopic (exact) mass is 870 g/mol. The Morgan fingerprint density at radius 1 is 1.15 bits per heavy atom. The van der Waals surface area contributed by atoms with Gasteiger partial charge in [-0.25, -0.2) is 22.6 Å². The van der Waals surface area contributed by atoms with Crippen molar-refractivity contribution in [1.82, 2.24) is 25.2 Å². The molecule has 0 bridgehead atoms. The molecule has 330 valence electrons. The van der Waals surface area contributed by atoms with Crippen molar-refractivity contribution in [2.45, 2.75) is 133 Å². The number of carbonyl (C=O) groups is 4. The third-order valence-electron chi connectivity index (χ3n) is 11.9. The minimum Gasteiger partial charge on any atom is -0.491 e. The smallest absolute Gasteiger partial charge is 0.427 e. The summed E-state index contributed by atoms with van der Waals surface area (Å²) in [7, 11) is -4.79. The van der Waals surface area contributed by atoms with Gasteiger partial charge in [-0.15, -0.1) is 0 Å². The fraction of sp³-hybridized carbons (Fsp3) is 0.634. The predicted octanol–water partition coefficient (Wildman–Crippen LogP) is 5.83. The zero-order chi connectivity index (χ0) is 46.5. The van der Waals surface area contributed by atoms with Crippen LogP contribution >= 0.6 is 0 Å². The van der Waals surface area contributed by atoms with Gasteiger partial charge in [0.1, 0.15) is 23.7 Å². The minimum atomic E-state index is -4.97.